The predicted molar refractivity (Wildman–Crippen MR) is 117 cm³/mol. The zero-order valence-corrected chi connectivity index (χ0v) is 18.1. The quantitative estimate of drug-likeness (QED) is 0.330. The van der Waals surface area contributed by atoms with Crippen molar-refractivity contribution in [1.29, 1.82) is 0 Å². The lowest BCUT2D eigenvalue weighted by atomic mass is 10.1. The second kappa shape index (κ2) is 11.5. The van der Waals surface area contributed by atoms with Gasteiger partial charge in [0.05, 0.1) is 24.4 Å². The molecule has 0 aliphatic heterocycles. The number of carbonyl (C=O) groups is 1. The minimum Gasteiger partial charge on any atom is -0.493 e. The van der Waals surface area contributed by atoms with E-state index < -0.39 is 17.4 Å². The minimum atomic E-state index is -0.547. The number of nitrogens with zero attached hydrogens (tertiary/aromatic N) is 2. The first-order chi connectivity index (χ1) is 14.9. The summed E-state index contributed by atoms with van der Waals surface area (Å²) >= 11 is 0. The Labute approximate surface area is 181 Å². The van der Waals surface area contributed by atoms with E-state index in [4.69, 9.17) is 14.2 Å². The molecule has 0 aliphatic carbocycles. The third-order valence-electron chi connectivity index (χ3n) is 4.48. The van der Waals surface area contributed by atoms with E-state index in [1.165, 1.54) is 18.3 Å². The zero-order chi connectivity index (χ0) is 22.8. The summed E-state index contributed by atoms with van der Waals surface area (Å²) in [5, 5.41) is 15.1. The predicted octanol–water partition coefficient (Wildman–Crippen LogP) is 3.87. The molecule has 0 heterocycles. The number of aryl methyl sites for hydroxylation is 1. The highest BCUT2D eigenvalue weighted by molar-refractivity contribution is 5.83. The highest BCUT2D eigenvalue weighted by Crippen LogP contribution is 2.29. The van der Waals surface area contributed by atoms with Crippen LogP contribution < -0.4 is 19.6 Å². The summed E-state index contributed by atoms with van der Waals surface area (Å²) in [6.45, 7) is 5.49. The van der Waals surface area contributed by atoms with Crippen molar-refractivity contribution in [2.75, 3.05) is 13.7 Å². The second-order valence-corrected chi connectivity index (χ2v) is 6.74. The van der Waals surface area contributed by atoms with Gasteiger partial charge in [-0.15, -0.1) is 0 Å². The van der Waals surface area contributed by atoms with Crippen LogP contribution in [0.15, 0.2) is 41.5 Å². The number of ether oxygens (including phenoxy) is 3. The molecule has 0 aromatic heterocycles. The number of hydrazone groups is 1. The SMILES string of the molecule is CCc1ccc(OCC(=O)N/N=C\c2ccc(O[C@@H](C)CC)c(OC)c2)c([N+](=O)[O-])c1. The molecule has 1 atom stereocenters. The molecule has 1 N–H and O–H groups in total. The molecule has 0 bridgehead atoms. The number of hydrogen-bond acceptors (Lipinski definition) is 7. The van der Waals surface area contributed by atoms with Gasteiger partial charge in [0.15, 0.2) is 23.9 Å². The van der Waals surface area contributed by atoms with Crippen molar-refractivity contribution >= 4 is 17.8 Å². The molecule has 2 aromatic rings. The molecule has 0 spiro atoms. The van der Waals surface area contributed by atoms with E-state index in [2.05, 4.69) is 10.5 Å². The zero-order valence-electron chi connectivity index (χ0n) is 18.1. The summed E-state index contributed by atoms with van der Waals surface area (Å²) in [6.07, 6.45) is 3.03. The number of amides is 1. The van der Waals surface area contributed by atoms with E-state index >= 15 is 0 Å². The molecule has 2 rings (SSSR count). The highest BCUT2D eigenvalue weighted by Gasteiger charge is 2.16. The second-order valence-electron chi connectivity index (χ2n) is 6.74. The fourth-order valence-electron chi connectivity index (χ4n) is 2.56. The van der Waals surface area contributed by atoms with Crippen LogP contribution in [-0.4, -0.2) is 36.9 Å². The van der Waals surface area contributed by atoms with Crippen molar-refractivity contribution < 1.29 is 23.9 Å². The van der Waals surface area contributed by atoms with Crippen molar-refractivity contribution in [2.24, 2.45) is 5.10 Å². The van der Waals surface area contributed by atoms with Crippen LogP contribution in [0.5, 0.6) is 17.2 Å². The highest BCUT2D eigenvalue weighted by atomic mass is 16.6. The standard InChI is InChI=1S/C22H27N3O6/c1-5-15(3)31-20-10-8-17(12-21(20)29-4)13-23-24-22(26)14-30-19-9-7-16(6-2)11-18(19)25(27)28/h7-13,15H,5-6,14H2,1-4H3,(H,24,26)/b23-13-/t15-/m0/s1. The van der Waals surface area contributed by atoms with E-state index in [0.29, 0.717) is 23.5 Å². The summed E-state index contributed by atoms with van der Waals surface area (Å²) < 4.78 is 16.4. The molecule has 9 nitrogen and oxygen atoms in total. The van der Waals surface area contributed by atoms with Crippen molar-refractivity contribution in [1.82, 2.24) is 5.43 Å². The Morgan fingerprint density at radius 2 is 1.94 bits per heavy atom. The number of nitro groups is 1. The lowest BCUT2D eigenvalue weighted by Gasteiger charge is -2.15. The van der Waals surface area contributed by atoms with Crippen LogP contribution in [0, 0.1) is 10.1 Å². The largest absolute Gasteiger partial charge is 0.493 e. The summed E-state index contributed by atoms with van der Waals surface area (Å²) in [4.78, 5) is 22.6. The molecular weight excluding hydrogens is 402 g/mol. The van der Waals surface area contributed by atoms with Gasteiger partial charge in [-0.25, -0.2) is 5.43 Å². The van der Waals surface area contributed by atoms with Gasteiger partial charge >= 0.3 is 5.69 Å². The monoisotopic (exact) mass is 429 g/mol. The Bertz CT molecular complexity index is 945. The Kier molecular flexibility index (Phi) is 8.80. The minimum absolute atomic E-state index is 0.0305. The smallest absolute Gasteiger partial charge is 0.311 e. The van der Waals surface area contributed by atoms with Crippen LogP contribution in [-0.2, 0) is 11.2 Å². The van der Waals surface area contributed by atoms with Crippen molar-refractivity contribution in [2.45, 2.75) is 39.7 Å². The molecule has 0 aliphatic rings. The van der Waals surface area contributed by atoms with E-state index in [9.17, 15) is 14.9 Å². The molecule has 0 saturated carbocycles. The van der Waals surface area contributed by atoms with Crippen LogP contribution in [0.4, 0.5) is 5.69 Å². The first-order valence-electron chi connectivity index (χ1n) is 9.94. The van der Waals surface area contributed by atoms with E-state index in [1.807, 2.05) is 20.8 Å². The van der Waals surface area contributed by atoms with Crippen molar-refractivity contribution in [3.8, 4) is 17.2 Å². The Morgan fingerprint density at radius 3 is 2.58 bits per heavy atom. The van der Waals surface area contributed by atoms with E-state index in [-0.39, 0.29) is 17.5 Å². The van der Waals surface area contributed by atoms with Crippen LogP contribution in [0.3, 0.4) is 0 Å². The molecule has 166 valence electrons. The maximum absolute atomic E-state index is 12.0. The summed E-state index contributed by atoms with van der Waals surface area (Å²) in [5.74, 6) is 0.667. The number of nitrogens with one attached hydrogen (secondary N) is 1. The molecular formula is C22H27N3O6. The van der Waals surface area contributed by atoms with Gasteiger partial charge in [-0.05, 0) is 55.2 Å². The number of methoxy groups -OCH3 is 1. The normalized spacial score (nSPS) is 11.7. The molecule has 0 saturated heterocycles. The van der Waals surface area contributed by atoms with Gasteiger partial charge in [0.25, 0.3) is 5.91 Å². The number of rotatable bonds is 11. The number of carbonyl (C=O) groups excluding carboxylic acids is 1. The fourth-order valence-corrected chi connectivity index (χ4v) is 2.56. The van der Waals surface area contributed by atoms with Gasteiger partial charge in [0.1, 0.15) is 0 Å². The molecule has 0 unspecified atom stereocenters. The molecule has 0 fully saturated rings. The van der Waals surface area contributed by atoms with Gasteiger partial charge in [-0.1, -0.05) is 19.9 Å². The molecule has 9 heteroatoms. The van der Waals surface area contributed by atoms with Crippen molar-refractivity contribution in [3.63, 3.8) is 0 Å². The van der Waals surface area contributed by atoms with Crippen LogP contribution in [0.1, 0.15) is 38.3 Å². The Morgan fingerprint density at radius 1 is 1.19 bits per heavy atom. The van der Waals surface area contributed by atoms with Crippen LogP contribution in [0.2, 0.25) is 0 Å². The Hall–Kier alpha value is -3.62. The number of nitro benzene ring substituents is 1. The van der Waals surface area contributed by atoms with Crippen LogP contribution in [0.25, 0.3) is 0 Å². The maximum Gasteiger partial charge on any atom is 0.311 e. The maximum atomic E-state index is 12.0. The number of hydrogen-bond donors (Lipinski definition) is 1. The third kappa shape index (κ3) is 6.98. The summed E-state index contributed by atoms with van der Waals surface area (Å²) in [5.41, 5.74) is 3.66. The average molecular weight is 429 g/mol. The van der Waals surface area contributed by atoms with Crippen LogP contribution >= 0.6 is 0 Å². The fraction of sp³-hybridized carbons (Fsp3) is 0.364. The first-order valence-corrected chi connectivity index (χ1v) is 9.94. The molecule has 2 aromatic carbocycles. The lowest BCUT2D eigenvalue weighted by Crippen LogP contribution is -2.24. The average Bonchev–Trinajstić information content (AvgIpc) is 2.78. The van der Waals surface area contributed by atoms with Crippen molar-refractivity contribution in [3.05, 3.63) is 57.6 Å². The van der Waals surface area contributed by atoms with Gasteiger partial charge in [-0.2, -0.15) is 5.10 Å². The molecule has 1 amide bonds. The van der Waals surface area contributed by atoms with Gasteiger partial charge in [0.2, 0.25) is 0 Å². The van der Waals surface area contributed by atoms with Gasteiger partial charge < -0.3 is 14.2 Å². The Balaban J connectivity index is 1.95. The van der Waals surface area contributed by atoms with E-state index in [1.54, 1.807) is 31.4 Å². The van der Waals surface area contributed by atoms with E-state index in [0.717, 1.165) is 12.0 Å². The van der Waals surface area contributed by atoms with Gasteiger partial charge in [0, 0.05) is 6.07 Å². The topological polar surface area (TPSA) is 112 Å². The summed E-state index contributed by atoms with van der Waals surface area (Å²) in [6, 6.07) is 9.94. The first kappa shape index (κ1) is 23.7. The van der Waals surface area contributed by atoms with Gasteiger partial charge in [-0.3, -0.25) is 14.9 Å². The summed E-state index contributed by atoms with van der Waals surface area (Å²) in [7, 11) is 1.55. The molecule has 31 heavy (non-hydrogen) atoms. The molecule has 0 radical (unpaired) electrons. The third-order valence-corrected chi connectivity index (χ3v) is 4.48. The number of benzene rings is 2. The lowest BCUT2D eigenvalue weighted by molar-refractivity contribution is -0.385.